The van der Waals surface area contributed by atoms with Gasteiger partial charge in [0.15, 0.2) is 0 Å². The van der Waals surface area contributed by atoms with Gasteiger partial charge >= 0.3 is 0 Å². The quantitative estimate of drug-likeness (QED) is 0.294. The molecule has 6 aromatic carbocycles. The van der Waals surface area contributed by atoms with Crippen LogP contribution in [0.2, 0.25) is 0 Å². The van der Waals surface area contributed by atoms with Gasteiger partial charge in [0.25, 0.3) is 0 Å². The monoisotopic (exact) mass is 388 g/mol. The minimum Gasteiger partial charge on any atom is -0.496 e. The van der Waals surface area contributed by atoms with E-state index in [1.165, 1.54) is 32.3 Å². The average Bonchev–Trinajstić information content (AvgIpc) is 2.81. The summed E-state index contributed by atoms with van der Waals surface area (Å²) in [5, 5.41) is 9.84. The lowest BCUT2D eigenvalue weighted by atomic mass is 9.94. The van der Waals surface area contributed by atoms with Gasteiger partial charge in [-0.05, 0) is 50.5 Å². The first-order chi connectivity index (χ1) is 14.8. The van der Waals surface area contributed by atoms with E-state index in [-0.39, 0.29) is 0 Å². The molecule has 6 aromatic rings. The van der Waals surface area contributed by atoms with Crippen LogP contribution in [-0.2, 0) is 6.61 Å². The minimum atomic E-state index is 0.453. The summed E-state index contributed by atoms with van der Waals surface area (Å²) in [5.74, 6) is 1.75. The second kappa shape index (κ2) is 6.64. The third-order valence-corrected chi connectivity index (χ3v) is 6.08. The molecule has 0 aliphatic rings. The Kier molecular flexibility index (Phi) is 3.78. The Morgan fingerprint density at radius 2 is 1.17 bits per heavy atom. The molecule has 0 saturated heterocycles. The van der Waals surface area contributed by atoms with Crippen molar-refractivity contribution in [1.29, 1.82) is 0 Å². The molecule has 0 aliphatic carbocycles. The molecular formula is C28H20O2. The average molecular weight is 388 g/mol. The van der Waals surface area contributed by atoms with Crippen LogP contribution in [0.1, 0.15) is 5.56 Å². The van der Waals surface area contributed by atoms with Crippen molar-refractivity contribution in [1.82, 2.24) is 0 Å². The number of rotatable bonds is 4. The third kappa shape index (κ3) is 2.50. The SMILES string of the molecule is COc1ccc2ccccc2c1COc1ccc2ccc3cccc4ccc1c2c34. The lowest BCUT2D eigenvalue weighted by Crippen LogP contribution is -2.00. The van der Waals surface area contributed by atoms with E-state index >= 15 is 0 Å². The number of hydrogen-bond donors (Lipinski definition) is 0. The van der Waals surface area contributed by atoms with Crippen LogP contribution in [0, 0.1) is 0 Å². The Labute approximate surface area is 174 Å². The molecule has 0 aromatic heterocycles. The van der Waals surface area contributed by atoms with Gasteiger partial charge in [0.05, 0.1) is 7.11 Å². The van der Waals surface area contributed by atoms with Gasteiger partial charge < -0.3 is 9.47 Å². The highest BCUT2D eigenvalue weighted by Gasteiger charge is 2.13. The van der Waals surface area contributed by atoms with E-state index in [4.69, 9.17) is 9.47 Å². The number of ether oxygens (including phenoxy) is 2. The highest BCUT2D eigenvalue weighted by Crippen LogP contribution is 2.39. The highest BCUT2D eigenvalue weighted by molar-refractivity contribution is 6.24. The van der Waals surface area contributed by atoms with E-state index in [2.05, 4.69) is 84.9 Å². The summed E-state index contributed by atoms with van der Waals surface area (Å²) >= 11 is 0. The first-order valence-corrected chi connectivity index (χ1v) is 10.2. The second-order valence-corrected chi connectivity index (χ2v) is 7.68. The molecule has 0 atom stereocenters. The lowest BCUT2D eigenvalue weighted by Gasteiger charge is -2.16. The summed E-state index contributed by atoms with van der Waals surface area (Å²) in [4.78, 5) is 0. The largest absolute Gasteiger partial charge is 0.496 e. The number of fused-ring (bicyclic) bond motifs is 1. The maximum absolute atomic E-state index is 6.42. The van der Waals surface area contributed by atoms with Crippen LogP contribution in [0.5, 0.6) is 11.5 Å². The molecule has 0 N–H and O–H groups in total. The Morgan fingerprint density at radius 1 is 0.533 bits per heavy atom. The summed E-state index contributed by atoms with van der Waals surface area (Å²) < 4.78 is 12.1. The highest BCUT2D eigenvalue weighted by atomic mass is 16.5. The molecule has 2 nitrogen and oxygen atoms in total. The normalized spacial score (nSPS) is 11.6. The van der Waals surface area contributed by atoms with E-state index in [9.17, 15) is 0 Å². The third-order valence-electron chi connectivity index (χ3n) is 6.08. The van der Waals surface area contributed by atoms with Crippen LogP contribution >= 0.6 is 0 Å². The van der Waals surface area contributed by atoms with Gasteiger partial charge in [-0.2, -0.15) is 0 Å². The number of benzene rings is 6. The van der Waals surface area contributed by atoms with Crippen molar-refractivity contribution in [2.24, 2.45) is 0 Å². The van der Waals surface area contributed by atoms with E-state index in [0.717, 1.165) is 27.8 Å². The fourth-order valence-corrected chi connectivity index (χ4v) is 4.64. The molecule has 144 valence electrons. The smallest absolute Gasteiger partial charge is 0.127 e. The van der Waals surface area contributed by atoms with E-state index in [0.29, 0.717) is 6.61 Å². The molecule has 6 rings (SSSR count). The lowest BCUT2D eigenvalue weighted by molar-refractivity contribution is 0.302. The van der Waals surface area contributed by atoms with Gasteiger partial charge in [-0.1, -0.05) is 72.8 Å². The Hall–Kier alpha value is -3.78. The molecule has 30 heavy (non-hydrogen) atoms. The molecule has 2 heteroatoms. The fourth-order valence-electron chi connectivity index (χ4n) is 4.64. The van der Waals surface area contributed by atoms with Crippen LogP contribution in [0.3, 0.4) is 0 Å². The first-order valence-electron chi connectivity index (χ1n) is 10.2. The minimum absolute atomic E-state index is 0.453. The van der Waals surface area contributed by atoms with Gasteiger partial charge in [0.1, 0.15) is 18.1 Å². The predicted octanol–water partition coefficient (Wildman–Crippen LogP) is 7.32. The molecule has 0 spiro atoms. The van der Waals surface area contributed by atoms with Crippen LogP contribution in [0.4, 0.5) is 0 Å². The number of hydrogen-bond acceptors (Lipinski definition) is 2. The number of methoxy groups -OCH3 is 1. The maximum atomic E-state index is 6.42. The molecule has 0 heterocycles. The second-order valence-electron chi connectivity index (χ2n) is 7.68. The zero-order chi connectivity index (χ0) is 20.1. The summed E-state index contributed by atoms with van der Waals surface area (Å²) in [7, 11) is 1.71. The standard InChI is InChI=1S/C28H20O2/c1-29-25-15-12-18-5-2-3-8-22(18)24(25)17-30-26-16-13-21-10-9-19-6-4-7-20-11-14-23(26)28(21)27(19)20/h2-16H,17H2,1H3. The molecule has 0 unspecified atom stereocenters. The van der Waals surface area contributed by atoms with Gasteiger partial charge in [-0.25, -0.2) is 0 Å². The molecule has 0 fully saturated rings. The summed E-state index contributed by atoms with van der Waals surface area (Å²) in [6, 6.07) is 31.9. The van der Waals surface area contributed by atoms with Gasteiger partial charge in [-0.15, -0.1) is 0 Å². The van der Waals surface area contributed by atoms with Gasteiger partial charge in [0, 0.05) is 16.3 Å². The van der Waals surface area contributed by atoms with Crippen molar-refractivity contribution in [3.63, 3.8) is 0 Å². The Balaban J connectivity index is 1.50. The zero-order valence-electron chi connectivity index (χ0n) is 16.7. The molecule has 0 radical (unpaired) electrons. The topological polar surface area (TPSA) is 18.5 Å². The predicted molar refractivity (Wildman–Crippen MR) is 125 cm³/mol. The molecule has 0 bridgehead atoms. The summed E-state index contributed by atoms with van der Waals surface area (Å²) in [6.07, 6.45) is 0. The first kappa shape index (κ1) is 17.1. The van der Waals surface area contributed by atoms with Crippen molar-refractivity contribution in [2.75, 3.05) is 7.11 Å². The van der Waals surface area contributed by atoms with Crippen molar-refractivity contribution < 1.29 is 9.47 Å². The van der Waals surface area contributed by atoms with Crippen LogP contribution in [0.15, 0.2) is 91.0 Å². The Bertz CT molecular complexity index is 1520. The molecule has 0 amide bonds. The molecular weight excluding hydrogens is 368 g/mol. The molecule has 0 saturated carbocycles. The Morgan fingerprint density at radius 3 is 2.00 bits per heavy atom. The van der Waals surface area contributed by atoms with Crippen molar-refractivity contribution in [3.05, 3.63) is 96.6 Å². The maximum Gasteiger partial charge on any atom is 0.127 e. The zero-order valence-corrected chi connectivity index (χ0v) is 16.7. The fraction of sp³-hybridized carbons (Fsp3) is 0.0714. The van der Waals surface area contributed by atoms with Crippen LogP contribution in [0.25, 0.3) is 43.1 Å². The van der Waals surface area contributed by atoms with E-state index in [1.54, 1.807) is 7.11 Å². The van der Waals surface area contributed by atoms with Crippen LogP contribution in [-0.4, -0.2) is 7.11 Å². The van der Waals surface area contributed by atoms with Crippen LogP contribution < -0.4 is 9.47 Å². The van der Waals surface area contributed by atoms with E-state index < -0.39 is 0 Å². The van der Waals surface area contributed by atoms with Crippen molar-refractivity contribution in [2.45, 2.75) is 6.61 Å². The molecule has 0 aliphatic heterocycles. The summed E-state index contributed by atoms with van der Waals surface area (Å²) in [5.41, 5.74) is 1.07. The van der Waals surface area contributed by atoms with Crippen molar-refractivity contribution >= 4 is 43.1 Å². The van der Waals surface area contributed by atoms with E-state index in [1.807, 2.05) is 6.07 Å². The van der Waals surface area contributed by atoms with Crippen molar-refractivity contribution in [3.8, 4) is 11.5 Å². The summed E-state index contributed by atoms with van der Waals surface area (Å²) in [6.45, 7) is 0.453. The van der Waals surface area contributed by atoms with Gasteiger partial charge in [0.2, 0.25) is 0 Å². The van der Waals surface area contributed by atoms with Gasteiger partial charge in [-0.3, -0.25) is 0 Å².